The molecule has 1 aliphatic heterocycles. The van der Waals surface area contributed by atoms with Crippen molar-refractivity contribution in [2.75, 3.05) is 33.3 Å². The minimum atomic E-state index is -0.0856. The number of aromatic nitrogens is 1. The molecule has 1 unspecified atom stereocenters. The lowest BCUT2D eigenvalue weighted by Crippen LogP contribution is -2.38. The minimum absolute atomic E-state index is 0.0856. The molecule has 7 nitrogen and oxygen atoms in total. The van der Waals surface area contributed by atoms with Crippen molar-refractivity contribution in [3.05, 3.63) is 41.3 Å². The van der Waals surface area contributed by atoms with E-state index in [9.17, 15) is 4.79 Å². The molecule has 152 valence electrons. The van der Waals surface area contributed by atoms with E-state index in [2.05, 4.69) is 23.9 Å². The minimum Gasteiger partial charge on any atom is -0.493 e. The Bertz CT molecular complexity index is 801. The fourth-order valence-electron chi connectivity index (χ4n) is 3.65. The SMILES string of the molecule is CCN(CC)C1CCN(C(=O)c2cc(COc3ccc(C)cc3OC)on2)C1. The van der Waals surface area contributed by atoms with Gasteiger partial charge in [-0.15, -0.1) is 0 Å². The lowest BCUT2D eigenvalue weighted by atomic mass is 10.2. The third-order valence-electron chi connectivity index (χ3n) is 5.25. The number of aryl methyl sites for hydroxylation is 1. The number of ether oxygens (including phenoxy) is 2. The third kappa shape index (κ3) is 4.47. The molecule has 1 aliphatic rings. The highest BCUT2D eigenvalue weighted by Gasteiger charge is 2.31. The molecule has 0 radical (unpaired) electrons. The zero-order chi connectivity index (χ0) is 20.1. The number of likely N-dealkylation sites (N-methyl/N-ethyl adjacent to an activating group) is 1. The van der Waals surface area contributed by atoms with Crippen molar-refractivity contribution in [1.29, 1.82) is 0 Å². The molecule has 0 aliphatic carbocycles. The van der Waals surface area contributed by atoms with E-state index < -0.39 is 0 Å². The van der Waals surface area contributed by atoms with Crippen LogP contribution in [0, 0.1) is 6.92 Å². The van der Waals surface area contributed by atoms with Gasteiger partial charge < -0.3 is 18.9 Å². The number of nitrogens with zero attached hydrogens (tertiary/aromatic N) is 3. The first-order chi connectivity index (χ1) is 13.5. The number of methoxy groups -OCH3 is 1. The van der Waals surface area contributed by atoms with E-state index in [0.717, 1.165) is 38.2 Å². The van der Waals surface area contributed by atoms with Crippen molar-refractivity contribution in [3.63, 3.8) is 0 Å². The molecule has 2 heterocycles. The zero-order valence-corrected chi connectivity index (χ0v) is 17.1. The van der Waals surface area contributed by atoms with Gasteiger partial charge >= 0.3 is 0 Å². The number of amides is 1. The summed E-state index contributed by atoms with van der Waals surface area (Å²) < 4.78 is 16.4. The number of hydrogen-bond donors (Lipinski definition) is 0. The van der Waals surface area contributed by atoms with E-state index in [-0.39, 0.29) is 12.5 Å². The average molecular weight is 387 g/mol. The van der Waals surface area contributed by atoms with Gasteiger partial charge in [-0.05, 0) is 44.1 Å². The van der Waals surface area contributed by atoms with Crippen LogP contribution >= 0.6 is 0 Å². The Labute approximate surface area is 166 Å². The molecule has 3 rings (SSSR count). The van der Waals surface area contributed by atoms with Crippen LogP contribution in [0.5, 0.6) is 11.5 Å². The second-order valence-corrected chi connectivity index (χ2v) is 7.04. The Morgan fingerprint density at radius 3 is 2.79 bits per heavy atom. The number of carbonyl (C=O) groups excluding carboxylic acids is 1. The summed E-state index contributed by atoms with van der Waals surface area (Å²) in [6.07, 6.45) is 0.995. The van der Waals surface area contributed by atoms with E-state index in [4.69, 9.17) is 14.0 Å². The van der Waals surface area contributed by atoms with Crippen LogP contribution in [0.3, 0.4) is 0 Å². The van der Waals surface area contributed by atoms with Gasteiger partial charge in [0.05, 0.1) is 7.11 Å². The Balaban J connectivity index is 1.59. The normalized spacial score (nSPS) is 16.6. The Morgan fingerprint density at radius 2 is 2.07 bits per heavy atom. The molecule has 0 spiro atoms. The molecule has 0 N–H and O–H groups in total. The first-order valence-corrected chi connectivity index (χ1v) is 9.82. The van der Waals surface area contributed by atoms with Crippen LogP contribution in [0.1, 0.15) is 42.1 Å². The molecule has 1 aromatic heterocycles. The van der Waals surface area contributed by atoms with Crippen molar-refractivity contribution in [2.24, 2.45) is 0 Å². The van der Waals surface area contributed by atoms with Gasteiger partial charge in [-0.3, -0.25) is 9.69 Å². The summed E-state index contributed by atoms with van der Waals surface area (Å²) in [5, 5.41) is 3.95. The van der Waals surface area contributed by atoms with Crippen LogP contribution in [0.2, 0.25) is 0 Å². The highest BCUT2D eigenvalue weighted by molar-refractivity contribution is 5.92. The first-order valence-electron chi connectivity index (χ1n) is 9.82. The Kier molecular flexibility index (Phi) is 6.57. The van der Waals surface area contributed by atoms with E-state index >= 15 is 0 Å². The summed E-state index contributed by atoms with van der Waals surface area (Å²) in [6, 6.07) is 7.79. The third-order valence-corrected chi connectivity index (χ3v) is 5.25. The average Bonchev–Trinajstić information content (AvgIpc) is 3.37. The van der Waals surface area contributed by atoms with Crippen molar-refractivity contribution >= 4 is 5.91 Å². The molecule has 1 atom stereocenters. The fourth-order valence-corrected chi connectivity index (χ4v) is 3.65. The van der Waals surface area contributed by atoms with E-state index in [0.29, 0.717) is 29.0 Å². The highest BCUT2D eigenvalue weighted by Crippen LogP contribution is 2.28. The molecule has 7 heteroatoms. The number of hydrogen-bond acceptors (Lipinski definition) is 6. The molecule has 1 saturated heterocycles. The van der Waals surface area contributed by atoms with Crippen LogP contribution in [-0.4, -0.2) is 60.2 Å². The van der Waals surface area contributed by atoms with E-state index in [1.807, 2.05) is 30.0 Å². The van der Waals surface area contributed by atoms with Crippen LogP contribution in [0.25, 0.3) is 0 Å². The van der Waals surface area contributed by atoms with Crippen LogP contribution in [-0.2, 0) is 6.61 Å². The Morgan fingerprint density at radius 1 is 1.29 bits per heavy atom. The molecule has 28 heavy (non-hydrogen) atoms. The summed E-state index contributed by atoms with van der Waals surface area (Å²) in [4.78, 5) is 17.0. The first kappa shape index (κ1) is 20.2. The van der Waals surface area contributed by atoms with Gasteiger partial charge in [0.25, 0.3) is 5.91 Å². The standard InChI is InChI=1S/C21H29N3O4/c1-5-23(6-2)16-9-10-24(13-16)21(25)18-12-17(28-22-18)14-27-19-8-7-15(3)11-20(19)26-4/h7-8,11-12,16H,5-6,9-10,13-14H2,1-4H3. The van der Waals surface area contributed by atoms with Crippen LogP contribution < -0.4 is 9.47 Å². The van der Waals surface area contributed by atoms with Gasteiger partial charge in [0.15, 0.2) is 23.0 Å². The molecule has 0 bridgehead atoms. The maximum Gasteiger partial charge on any atom is 0.276 e. The van der Waals surface area contributed by atoms with Gasteiger partial charge in [0.2, 0.25) is 0 Å². The lowest BCUT2D eigenvalue weighted by Gasteiger charge is -2.25. The van der Waals surface area contributed by atoms with Crippen molar-refractivity contribution in [3.8, 4) is 11.5 Å². The highest BCUT2D eigenvalue weighted by atomic mass is 16.5. The van der Waals surface area contributed by atoms with Gasteiger partial charge in [-0.2, -0.15) is 0 Å². The van der Waals surface area contributed by atoms with Gasteiger partial charge in [0, 0.05) is 25.2 Å². The number of benzene rings is 1. The molecular weight excluding hydrogens is 358 g/mol. The zero-order valence-electron chi connectivity index (χ0n) is 17.1. The lowest BCUT2D eigenvalue weighted by molar-refractivity contribution is 0.0767. The number of carbonyl (C=O) groups is 1. The summed E-state index contributed by atoms with van der Waals surface area (Å²) in [5.41, 5.74) is 1.42. The topological polar surface area (TPSA) is 68.0 Å². The monoisotopic (exact) mass is 387 g/mol. The second kappa shape index (κ2) is 9.10. The molecular formula is C21H29N3O4. The molecule has 0 saturated carbocycles. The van der Waals surface area contributed by atoms with Crippen molar-refractivity contribution in [2.45, 2.75) is 39.8 Å². The van der Waals surface area contributed by atoms with Gasteiger partial charge in [0.1, 0.15) is 6.61 Å². The van der Waals surface area contributed by atoms with E-state index in [1.54, 1.807) is 13.2 Å². The van der Waals surface area contributed by atoms with Crippen LogP contribution in [0.4, 0.5) is 0 Å². The molecule has 1 amide bonds. The summed E-state index contributed by atoms with van der Waals surface area (Å²) in [6.45, 7) is 9.96. The van der Waals surface area contributed by atoms with Gasteiger partial charge in [-0.25, -0.2) is 0 Å². The smallest absolute Gasteiger partial charge is 0.276 e. The fraction of sp³-hybridized carbons (Fsp3) is 0.524. The maximum atomic E-state index is 12.7. The maximum absolute atomic E-state index is 12.7. The van der Waals surface area contributed by atoms with Gasteiger partial charge in [-0.1, -0.05) is 25.1 Å². The number of likely N-dealkylation sites (tertiary alicyclic amines) is 1. The van der Waals surface area contributed by atoms with Crippen molar-refractivity contribution in [1.82, 2.24) is 15.0 Å². The predicted molar refractivity (Wildman–Crippen MR) is 106 cm³/mol. The van der Waals surface area contributed by atoms with E-state index in [1.165, 1.54) is 0 Å². The van der Waals surface area contributed by atoms with Crippen molar-refractivity contribution < 1.29 is 18.8 Å². The number of rotatable bonds is 8. The summed E-state index contributed by atoms with van der Waals surface area (Å²) in [5.74, 6) is 1.71. The summed E-state index contributed by atoms with van der Waals surface area (Å²) in [7, 11) is 1.61. The largest absolute Gasteiger partial charge is 0.493 e. The molecule has 2 aromatic rings. The van der Waals surface area contributed by atoms with Crippen LogP contribution in [0.15, 0.2) is 28.8 Å². The molecule has 1 fully saturated rings. The predicted octanol–water partition coefficient (Wildman–Crippen LogP) is 3.13. The summed E-state index contributed by atoms with van der Waals surface area (Å²) >= 11 is 0. The molecule has 1 aromatic carbocycles. The quantitative estimate of drug-likeness (QED) is 0.693. The Hall–Kier alpha value is -2.54. The second-order valence-electron chi connectivity index (χ2n) is 7.04.